The third-order valence-electron chi connectivity index (χ3n) is 2.10. The SMILES string of the molecule is CCOc1cccc(-c2ccoc2)c1F. The molecule has 0 N–H and O–H groups in total. The van der Waals surface area contributed by atoms with Gasteiger partial charge in [-0.2, -0.15) is 0 Å². The van der Waals surface area contributed by atoms with Crippen LogP contribution in [0.5, 0.6) is 5.75 Å². The third-order valence-corrected chi connectivity index (χ3v) is 2.10. The number of hydrogen-bond donors (Lipinski definition) is 0. The summed E-state index contributed by atoms with van der Waals surface area (Å²) in [6.07, 6.45) is 3.02. The van der Waals surface area contributed by atoms with Gasteiger partial charge in [0.15, 0.2) is 11.6 Å². The number of hydrogen-bond acceptors (Lipinski definition) is 2. The summed E-state index contributed by atoms with van der Waals surface area (Å²) >= 11 is 0. The maximum absolute atomic E-state index is 13.9. The van der Waals surface area contributed by atoms with E-state index >= 15 is 0 Å². The zero-order valence-corrected chi connectivity index (χ0v) is 8.37. The van der Waals surface area contributed by atoms with Gasteiger partial charge in [0.25, 0.3) is 0 Å². The third kappa shape index (κ3) is 1.86. The summed E-state index contributed by atoms with van der Waals surface area (Å²) in [5, 5.41) is 0. The van der Waals surface area contributed by atoms with Crippen molar-refractivity contribution in [1.29, 1.82) is 0 Å². The molecule has 0 fully saturated rings. The molecular formula is C12H11FO2. The summed E-state index contributed by atoms with van der Waals surface area (Å²) in [6, 6.07) is 6.79. The van der Waals surface area contributed by atoms with Crippen LogP contribution in [0.15, 0.2) is 41.2 Å². The fourth-order valence-electron chi connectivity index (χ4n) is 1.42. The average Bonchev–Trinajstić information content (AvgIpc) is 2.74. The second-order valence-electron chi connectivity index (χ2n) is 3.06. The Morgan fingerprint density at radius 2 is 2.20 bits per heavy atom. The van der Waals surface area contributed by atoms with E-state index in [0.29, 0.717) is 17.7 Å². The van der Waals surface area contributed by atoms with Crippen LogP contribution in [0.3, 0.4) is 0 Å². The van der Waals surface area contributed by atoms with E-state index in [9.17, 15) is 4.39 Å². The molecule has 0 radical (unpaired) electrons. The largest absolute Gasteiger partial charge is 0.491 e. The van der Waals surface area contributed by atoms with Gasteiger partial charge in [-0.15, -0.1) is 0 Å². The summed E-state index contributed by atoms with van der Waals surface area (Å²) in [5.41, 5.74) is 1.21. The molecule has 0 amide bonds. The smallest absolute Gasteiger partial charge is 0.172 e. The molecule has 0 bridgehead atoms. The van der Waals surface area contributed by atoms with E-state index in [1.807, 2.05) is 6.92 Å². The Labute approximate surface area is 87.3 Å². The van der Waals surface area contributed by atoms with Gasteiger partial charge in [0, 0.05) is 11.1 Å². The fourth-order valence-corrected chi connectivity index (χ4v) is 1.42. The molecule has 1 aromatic carbocycles. The molecular weight excluding hydrogens is 195 g/mol. The molecule has 0 aliphatic rings. The first-order chi connectivity index (χ1) is 7.33. The van der Waals surface area contributed by atoms with Crippen molar-refractivity contribution < 1.29 is 13.5 Å². The lowest BCUT2D eigenvalue weighted by atomic mass is 10.1. The molecule has 2 aromatic rings. The van der Waals surface area contributed by atoms with Crippen LogP contribution in [0, 0.1) is 5.82 Å². The Hall–Kier alpha value is -1.77. The fraction of sp³-hybridized carbons (Fsp3) is 0.167. The molecule has 2 nitrogen and oxygen atoms in total. The number of benzene rings is 1. The van der Waals surface area contributed by atoms with E-state index in [4.69, 9.17) is 9.15 Å². The number of furan rings is 1. The normalized spacial score (nSPS) is 10.3. The zero-order chi connectivity index (χ0) is 10.7. The van der Waals surface area contributed by atoms with Crippen LogP contribution in [-0.2, 0) is 0 Å². The Bertz CT molecular complexity index is 435. The van der Waals surface area contributed by atoms with Crippen molar-refractivity contribution in [1.82, 2.24) is 0 Å². The van der Waals surface area contributed by atoms with E-state index in [0.717, 1.165) is 0 Å². The molecule has 78 valence electrons. The maximum Gasteiger partial charge on any atom is 0.172 e. The molecule has 3 heteroatoms. The van der Waals surface area contributed by atoms with Gasteiger partial charge >= 0.3 is 0 Å². The molecule has 15 heavy (non-hydrogen) atoms. The summed E-state index contributed by atoms with van der Waals surface area (Å²) < 4.78 is 23.9. The van der Waals surface area contributed by atoms with Gasteiger partial charge in [0.05, 0.1) is 19.1 Å². The van der Waals surface area contributed by atoms with Crippen molar-refractivity contribution >= 4 is 0 Å². The van der Waals surface area contributed by atoms with E-state index < -0.39 is 0 Å². The Balaban J connectivity index is 2.45. The van der Waals surface area contributed by atoms with Crippen molar-refractivity contribution in [2.24, 2.45) is 0 Å². The molecule has 1 aromatic heterocycles. The van der Waals surface area contributed by atoms with Crippen molar-refractivity contribution in [3.05, 3.63) is 42.6 Å². The van der Waals surface area contributed by atoms with E-state index in [1.54, 1.807) is 24.3 Å². The average molecular weight is 206 g/mol. The number of rotatable bonds is 3. The van der Waals surface area contributed by atoms with Crippen LogP contribution in [0.4, 0.5) is 4.39 Å². The summed E-state index contributed by atoms with van der Waals surface area (Å²) in [5.74, 6) is -0.0723. The van der Waals surface area contributed by atoms with Crippen LogP contribution in [-0.4, -0.2) is 6.61 Å². The van der Waals surface area contributed by atoms with Crippen LogP contribution in [0.1, 0.15) is 6.92 Å². The summed E-state index contributed by atoms with van der Waals surface area (Å²) in [6.45, 7) is 2.27. The maximum atomic E-state index is 13.9. The van der Waals surface area contributed by atoms with Gasteiger partial charge in [-0.25, -0.2) is 4.39 Å². The first-order valence-electron chi connectivity index (χ1n) is 4.76. The van der Waals surface area contributed by atoms with E-state index in [-0.39, 0.29) is 11.6 Å². The second kappa shape index (κ2) is 4.17. The number of halogens is 1. The minimum Gasteiger partial charge on any atom is -0.491 e. The highest BCUT2D eigenvalue weighted by atomic mass is 19.1. The van der Waals surface area contributed by atoms with Gasteiger partial charge in [0.2, 0.25) is 0 Å². The Morgan fingerprint density at radius 1 is 1.33 bits per heavy atom. The molecule has 2 rings (SSSR count). The first kappa shape index (κ1) is 9.77. The van der Waals surface area contributed by atoms with Crippen LogP contribution in [0.2, 0.25) is 0 Å². The van der Waals surface area contributed by atoms with Crippen molar-refractivity contribution in [2.75, 3.05) is 6.61 Å². The highest BCUT2D eigenvalue weighted by Gasteiger charge is 2.10. The van der Waals surface area contributed by atoms with Crippen LogP contribution in [0.25, 0.3) is 11.1 Å². The molecule has 0 saturated heterocycles. The zero-order valence-electron chi connectivity index (χ0n) is 8.37. The van der Waals surface area contributed by atoms with Crippen molar-refractivity contribution in [3.8, 4) is 16.9 Å². The minimum absolute atomic E-state index is 0.274. The van der Waals surface area contributed by atoms with Gasteiger partial charge in [-0.1, -0.05) is 12.1 Å². The lowest BCUT2D eigenvalue weighted by Gasteiger charge is -2.06. The summed E-state index contributed by atoms with van der Waals surface area (Å²) in [4.78, 5) is 0. The van der Waals surface area contributed by atoms with Gasteiger partial charge < -0.3 is 9.15 Å². The van der Waals surface area contributed by atoms with Crippen LogP contribution >= 0.6 is 0 Å². The molecule has 0 saturated carbocycles. The standard InChI is InChI=1S/C12H11FO2/c1-2-15-11-5-3-4-10(12(11)13)9-6-7-14-8-9/h3-8H,2H2,1H3. The molecule has 0 aliphatic carbocycles. The molecule has 0 spiro atoms. The van der Waals surface area contributed by atoms with Gasteiger partial charge in [0.1, 0.15) is 0 Å². The van der Waals surface area contributed by atoms with E-state index in [1.165, 1.54) is 12.5 Å². The first-order valence-corrected chi connectivity index (χ1v) is 4.76. The lowest BCUT2D eigenvalue weighted by molar-refractivity contribution is 0.322. The molecule has 1 heterocycles. The highest BCUT2D eigenvalue weighted by Crippen LogP contribution is 2.29. The quantitative estimate of drug-likeness (QED) is 0.767. The lowest BCUT2D eigenvalue weighted by Crippen LogP contribution is -1.95. The highest BCUT2D eigenvalue weighted by molar-refractivity contribution is 5.64. The summed E-state index contributed by atoms with van der Waals surface area (Å²) in [7, 11) is 0. The predicted octanol–water partition coefficient (Wildman–Crippen LogP) is 3.48. The topological polar surface area (TPSA) is 22.4 Å². The van der Waals surface area contributed by atoms with Crippen molar-refractivity contribution in [2.45, 2.75) is 6.92 Å². The Morgan fingerprint density at radius 3 is 2.87 bits per heavy atom. The van der Waals surface area contributed by atoms with Crippen LogP contribution < -0.4 is 4.74 Å². The molecule has 0 aliphatic heterocycles. The predicted molar refractivity (Wildman–Crippen MR) is 55.3 cm³/mol. The monoisotopic (exact) mass is 206 g/mol. The molecule has 0 atom stereocenters. The number of ether oxygens (including phenoxy) is 1. The molecule has 0 unspecified atom stereocenters. The Kier molecular flexibility index (Phi) is 2.72. The van der Waals surface area contributed by atoms with Crippen molar-refractivity contribution in [3.63, 3.8) is 0 Å². The van der Waals surface area contributed by atoms with E-state index in [2.05, 4.69) is 0 Å². The van der Waals surface area contributed by atoms with Gasteiger partial charge in [-0.3, -0.25) is 0 Å². The minimum atomic E-state index is -0.347. The second-order valence-corrected chi connectivity index (χ2v) is 3.06. The van der Waals surface area contributed by atoms with Gasteiger partial charge in [-0.05, 0) is 19.1 Å².